The van der Waals surface area contributed by atoms with Crippen molar-refractivity contribution in [2.24, 2.45) is 0 Å². The van der Waals surface area contributed by atoms with Crippen molar-refractivity contribution >= 4 is 13.8 Å². The first-order valence-corrected chi connectivity index (χ1v) is 25.5. The van der Waals surface area contributed by atoms with Crippen molar-refractivity contribution in [3.63, 3.8) is 0 Å². The van der Waals surface area contributed by atoms with Gasteiger partial charge in [-0.15, -0.1) is 0 Å². The smallest absolute Gasteiger partial charge is 0.457 e. The molecule has 0 radical (unpaired) electrons. The monoisotopic (exact) mass is 887 g/mol. The normalized spacial score (nSPS) is 22.6. The van der Waals surface area contributed by atoms with Gasteiger partial charge in [-0.2, -0.15) is 0 Å². The minimum atomic E-state index is -5.02. The molecule has 13 heteroatoms. The molecule has 1 rings (SSSR count). The number of aliphatic hydroxyl groups is 5. The third kappa shape index (κ3) is 30.9. The van der Waals surface area contributed by atoms with Crippen LogP contribution in [0.5, 0.6) is 0 Å². The van der Waals surface area contributed by atoms with Crippen LogP contribution in [0.2, 0.25) is 0 Å². The zero-order valence-electron chi connectivity index (χ0n) is 38.0. The average molecular weight is 887 g/mol. The molecule has 0 saturated heterocycles. The van der Waals surface area contributed by atoms with Crippen molar-refractivity contribution in [3.8, 4) is 0 Å². The first-order valence-electron chi connectivity index (χ1n) is 24.0. The van der Waals surface area contributed by atoms with Gasteiger partial charge in [0.1, 0.15) is 42.7 Å². The van der Waals surface area contributed by atoms with Gasteiger partial charge in [-0.25, -0.2) is 4.57 Å². The Bertz CT molecular complexity index is 1190. The van der Waals surface area contributed by atoms with E-state index < -0.39 is 63.1 Å². The fourth-order valence-electron chi connectivity index (χ4n) is 7.17. The van der Waals surface area contributed by atoms with E-state index in [1.54, 1.807) is 0 Å². The lowest BCUT2D eigenvalue weighted by atomic mass is 9.85. The fourth-order valence-corrected chi connectivity index (χ4v) is 8.14. The van der Waals surface area contributed by atoms with E-state index in [2.05, 4.69) is 62.5 Å². The van der Waals surface area contributed by atoms with Crippen LogP contribution in [0.25, 0.3) is 0 Å². The lowest BCUT2D eigenvalue weighted by Gasteiger charge is -2.41. The van der Waals surface area contributed by atoms with Gasteiger partial charge >= 0.3 is 13.8 Å². The zero-order chi connectivity index (χ0) is 44.8. The molecule has 356 valence electrons. The van der Waals surface area contributed by atoms with E-state index in [0.29, 0.717) is 13.0 Å². The number of esters is 1. The Labute approximate surface area is 369 Å². The van der Waals surface area contributed by atoms with E-state index in [4.69, 9.17) is 18.5 Å². The highest BCUT2D eigenvalue weighted by atomic mass is 31.2. The molecule has 6 N–H and O–H groups in total. The van der Waals surface area contributed by atoms with Crippen LogP contribution in [-0.2, 0) is 27.9 Å². The zero-order valence-corrected chi connectivity index (χ0v) is 38.8. The van der Waals surface area contributed by atoms with Crippen molar-refractivity contribution in [2.45, 2.75) is 230 Å². The summed E-state index contributed by atoms with van der Waals surface area (Å²) in [4.78, 5) is 23.2. The van der Waals surface area contributed by atoms with Gasteiger partial charge in [0, 0.05) is 13.0 Å². The van der Waals surface area contributed by atoms with Crippen LogP contribution in [0.3, 0.4) is 0 Å². The number of rotatable bonds is 40. The molecule has 0 aromatic carbocycles. The minimum absolute atomic E-state index is 0.0788. The highest BCUT2D eigenvalue weighted by Gasteiger charge is 2.51. The number of hydrogen-bond donors (Lipinski definition) is 6. The number of hydrogen-bond acceptors (Lipinski definition) is 11. The second kappa shape index (κ2) is 38.7. The molecule has 0 spiro atoms. The molecule has 61 heavy (non-hydrogen) atoms. The molecule has 0 aromatic heterocycles. The molecule has 6 atom stereocenters. The Morgan fingerprint density at radius 3 is 1.48 bits per heavy atom. The minimum Gasteiger partial charge on any atom is -0.457 e. The summed E-state index contributed by atoms with van der Waals surface area (Å²) < 4.78 is 34.2. The van der Waals surface area contributed by atoms with Crippen LogP contribution >= 0.6 is 7.82 Å². The van der Waals surface area contributed by atoms with E-state index in [9.17, 15) is 39.8 Å². The third-order valence-corrected chi connectivity index (χ3v) is 12.0. The number of ether oxygens (including phenoxy) is 2. The summed E-state index contributed by atoms with van der Waals surface area (Å²) in [6.07, 6.45) is 34.6. The lowest BCUT2D eigenvalue weighted by Crippen LogP contribution is -2.64. The molecule has 1 aliphatic carbocycles. The number of phosphoric acid groups is 1. The Morgan fingerprint density at radius 1 is 0.541 bits per heavy atom. The second-order valence-corrected chi connectivity index (χ2v) is 18.0. The Hall–Kier alpha value is -1.70. The number of carbonyl (C=O) groups excluding carboxylic acids is 1. The van der Waals surface area contributed by atoms with Crippen LogP contribution in [0.4, 0.5) is 0 Å². The predicted octanol–water partition coefficient (Wildman–Crippen LogP) is 10.0. The molecule has 0 heterocycles. The summed E-state index contributed by atoms with van der Waals surface area (Å²) in [6, 6.07) is 0. The summed E-state index contributed by atoms with van der Waals surface area (Å²) in [7, 11) is -5.02. The SMILES string of the molecule is CC/C=C\C/C=C\C/C=C\C/C=C\CCCCCCCCCCC(=O)OC(COCCCCCCCCCCCCCCC)COP(=O)(O)OC1C(O)C(O)C(O)C(O)C1O. The maximum absolute atomic E-state index is 12.8. The molecule has 0 bridgehead atoms. The summed E-state index contributed by atoms with van der Waals surface area (Å²) in [5.41, 5.74) is 0. The first kappa shape index (κ1) is 57.3. The molecule has 0 aromatic rings. The van der Waals surface area contributed by atoms with Crippen LogP contribution < -0.4 is 0 Å². The predicted molar refractivity (Wildman–Crippen MR) is 244 cm³/mol. The number of phosphoric ester groups is 1. The standard InChI is InChI=1S/C48H87O12P/c1-3-5-7-9-11-13-15-17-18-19-20-21-22-23-24-25-27-29-31-33-35-37-42(49)59-41(39-57-38-36-34-32-30-28-26-16-14-12-10-8-6-4-2)40-58-61(55,56)60-48-46(53)44(51)43(50)45(52)47(48)54/h5,7,11,13,17-18,20-21,41,43-48,50-54H,3-4,6,8-10,12,14-16,19,22-40H2,1-2H3,(H,55,56)/b7-5-,13-11-,18-17-,21-20-. The van der Waals surface area contributed by atoms with Gasteiger partial charge in [0.2, 0.25) is 0 Å². The summed E-state index contributed by atoms with van der Waals surface area (Å²) in [6.45, 7) is 4.14. The van der Waals surface area contributed by atoms with Gasteiger partial charge in [0.05, 0.1) is 13.2 Å². The molecule has 1 saturated carbocycles. The van der Waals surface area contributed by atoms with Crippen molar-refractivity contribution in [2.75, 3.05) is 19.8 Å². The average Bonchev–Trinajstić information content (AvgIpc) is 3.24. The Balaban J connectivity index is 2.36. The third-order valence-electron chi connectivity index (χ3n) is 11.0. The number of allylic oxidation sites excluding steroid dienone is 8. The molecule has 1 fully saturated rings. The summed E-state index contributed by atoms with van der Waals surface area (Å²) in [5, 5.41) is 50.2. The fraction of sp³-hybridized carbons (Fsp3) is 0.812. The van der Waals surface area contributed by atoms with Crippen LogP contribution in [0.15, 0.2) is 48.6 Å². The van der Waals surface area contributed by atoms with Gasteiger partial charge < -0.3 is 39.9 Å². The summed E-state index contributed by atoms with van der Waals surface area (Å²) >= 11 is 0. The van der Waals surface area contributed by atoms with Crippen LogP contribution in [-0.4, -0.2) is 98.9 Å². The van der Waals surface area contributed by atoms with Crippen LogP contribution in [0.1, 0.15) is 187 Å². The maximum Gasteiger partial charge on any atom is 0.472 e. The highest BCUT2D eigenvalue weighted by molar-refractivity contribution is 7.47. The topological polar surface area (TPSA) is 192 Å². The van der Waals surface area contributed by atoms with E-state index in [-0.39, 0.29) is 13.0 Å². The van der Waals surface area contributed by atoms with Crippen molar-refractivity contribution in [1.29, 1.82) is 0 Å². The van der Waals surface area contributed by atoms with Crippen molar-refractivity contribution in [3.05, 3.63) is 48.6 Å². The number of carbonyl (C=O) groups is 1. The van der Waals surface area contributed by atoms with Crippen molar-refractivity contribution in [1.82, 2.24) is 0 Å². The van der Waals surface area contributed by atoms with Gasteiger partial charge in [-0.3, -0.25) is 13.8 Å². The van der Waals surface area contributed by atoms with E-state index in [0.717, 1.165) is 77.0 Å². The van der Waals surface area contributed by atoms with Gasteiger partial charge in [-0.1, -0.05) is 178 Å². The largest absolute Gasteiger partial charge is 0.472 e. The molecule has 12 nitrogen and oxygen atoms in total. The Kier molecular flexibility index (Phi) is 36.4. The first-order chi connectivity index (χ1) is 29.5. The highest BCUT2D eigenvalue weighted by Crippen LogP contribution is 2.47. The molecule has 1 aliphatic rings. The van der Waals surface area contributed by atoms with Gasteiger partial charge in [0.15, 0.2) is 0 Å². The molecular formula is C48H87O12P. The van der Waals surface area contributed by atoms with E-state index >= 15 is 0 Å². The van der Waals surface area contributed by atoms with Gasteiger partial charge in [-0.05, 0) is 51.4 Å². The van der Waals surface area contributed by atoms with Gasteiger partial charge in [0.25, 0.3) is 0 Å². The molecule has 0 aliphatic heterocycles. The maximum atomic E-state index is 12.8. The van der Waals surface area contributed by atoms with E-state index in [1.807, 2.05) is 0 Å². The quantitative estimate of drug-likeness (QED) is 0.0148. The number of unbranched alkanes of at least 4 members (excludes halogenated alkanes) is 20. The van der Waals surface area contributed by atoms with Crippen LogP contribution in [0, 0.1) is 0 Å². The van der Waals surface area contributed by atoms with E-state index in [1.165, 1.54) is 83.5 Å². The molecule has 0 amide bonds. The van der Waals surface area contributed by atoms with Crippen molar-refractivity contribution < 1.29 is 58.3 Å². The lowest BCUT2D eigenvalue weighted by molar-refractivity contribution is -0.220. The number of aliphatic hydroxyl groups excluding tert-OH is 5. The molecular weight excluding hydrogens is 799 g/mol. The molecule has 6 unspecified atom stereocenters. The Morgan fingerprint density at radius 2 is 0.967 bits per heavy atom. The summed E-state index contributed by atoms with van der Waals surface area (Å²) in [5.74, 6) is -0.485. The second-order valence-electron chi connectivity index (χ2n) is 16.6.